The summed E-state index contributed by atoms with van der Waals surface area (Å²) >= 11 is 0. The lowest BCUT2D eigenvalue weighted by Crippen LogP contribution is -2.50. The summed E-state index contributed by atoms with van der Waals surface area (Å²) in [7, 11) is 0. The molecule has 0 aliphatic heterocycles. The highest BCUT2D eigenvalue weighted by molar-refractivity contribution is 5.76. The van der Waals surface area contributed by atoms with Gasteiger partial charge >= 0.3 is 12.0 Å². The Morgan fingerprint density at radius 1 is 1.16 bits per heavy atom. The highest BCUT2D eigenvalue weighted by Crippen LogP contribution is 2.09. The molecule has 0 spiro atoms. The van der Waals surface area contributed by atoms with Crippen LogP contribution >= 0.6 is 0 Å². The van der Waals surface area contributed by atoms with E-state index in [0.717, 1.165) is 12.8 Å². The maximum absolute atomic E-state index is 12.2. The summed E-state index contributed by atoms with van der Waals surface area (Å²) in [5, 5.41) is 20.5. The van der Waals surface area contributed by atoms with Gasteiger partial charge in [0.2, 0.25) is 0 Å². The van der Waals surface area contributed by atoms with E-state index in [9.17, 15) is 9.59 Å². The first-order valence-electron chi connectivity index (χ1n) is 6.89. The molecule has 1 unspecified atom stereocenters. The van der Waals surface area contributed by atoms with Crippen molar-refractivity contribution in [3.05, 3.63) is 0 Å². The Hall–Kier alpha value is -1.30. The Kier molecular flexibility index (Phi) is 8.95. The van der Waals surface area contributed by atoms with Gasteiger partial charge in [0.25, 0.3) is 0 Å². The summed E-state index contributed by atoms with van der Waals surface area (Å²) in [4.78, 5) is 24.4. The average molecular weight is 274 g/mol. The maximum atomic E-state index is 12.2. The van der Waals surface area contributed by atoms with Crippen molar-refractivity contribution < 1.29 is 19.8 Å². The van der Waals surface area contributed by atoms with Crippen LogP contribution in [-0.2, 0) is 4.79 Å². The molecule has 0 aromatic carbocycles. The molecule has 0 saturated carbocycles. The predicted molar refractivity (Wildman–Crippen MR) is 73.0 cm³/mol. The minimum Gasteiger partial charge on any atom is -0.481 e. The van der Waals surface area contributed by atoms with Gasteiger partial charge in [-0.25, -0.2) is 4.79 Å². The summed E-state index contributed by atoms with van der Waals surface area (Å²) < 4.78 is 0. The Morgan fingerprint density at radius 3 is 2.11 bits per heavy atom. The topological polar surface area (TPSA) is 89.9 Å². The minimum atomic E-state index is -0.927. The number of nitrogens with one attached hydrogen (secondary N) is 1. The zero-order chi connectivity index (χ0) is 14.8. The van der Waals surface area contributed by atoms with Crippen LogP contribution < -0.4 is 5.32 Å². The molecule has 1 atom stereocenters. The third-order valence-electron chi connectivity index (χ3n) is 3.23. The second-order valence-electron chi connectivity index (χ2n) is 4.54. The number of aliphatic hydroxyl groups is 1. The summed E-state index contributed by atoms with van der Waals surface area (Å²) in [5.41, 5.74) is 0. The molecule has 0 radical (unpaired) electrons. The van der Waals surface area contributed by atoms with Gasteiger partial charge in [-0.3, -0.25) is 4.79 Å². The third kappa shape index (κ3) is 6.42. The van der Waals surface area contributed by atoms with Crippen LogP contribution in [0.3, 0.4) is 0 Å². The summed E-state index contributed by atoms with van der Waals surface area (Å²) in [6.45, 7) is 5.98. The van der Waals surface area contributed by atoms with Crippen molar-refractivity contribution in [3.8, 4) is 0 Å². The second kappa shape index (κ2) is 9.61. The van der Waals surface area contributed by atoms with Gasteiger partial charge in [0.15, 0.2) is 0 Å². The number of hydrogen-bond donors (Lipinski definition) is 3. The zero-order valence-corrected chi connectivity index (χ0v) is 12.1. The first-order chi connectivity index (χ1) is 8.99. The predicted octanol–water partition coefficient (Wildman–Crippen LogP) is 1.43. The standard InChI is InChI=1S/C13H26N2O4/c1-4-10(9-12(17)18)14-13(19)15(7-8-16)11(5-2)6-3/h10-11,16H,4-9H2,1-3H3,(H,14,19)(H,17,18). The number of carbonyl (C=O) groups excluding carboxylic acids is 1. The lowest BCUT2D eigenvalue weighted by molar-refractivity contribution is -0.137. The molecule has 0 fully saturated rings. The van der Waals surface area contributed by atoms with E-state index in [2.05, 4.69) is 5.32 Å². The molecule has 6 heteroatoms. The van der Waals surface area contributed by atoms with Gasteiger partial charge in [-0.2, -0.15) is 0 Å². The number of urea groups is 1. The fourth-order valence-electron chi connectivity index (χ4n) is 2.05. The van der Waals surface area contributed by atoms with Crippen LogP contribution in [-0.4, -0.2) is 52.3 Å². The van der Waals surface area contributed by atoms with Gasteiger partial charge in [0, 0.05) is 18.6 Å². The fourth-order valence-corrected chi connectivity index (χ4v) is 2.05. The maximum Gasteiger partial charge on any atom is 0.317 e. The van der Waals surface area contributed by atoms with Crippen LogP contribution in [0.1, 0.15) is 46.5 Å². The van der Waals surface area contributed by atoms with E-state index >= 15 is 0 Å². The number of nitrogens with zero attached hydrogens (tertiary/aromatic N) is 1. The molecule has 0 aliphatic rings. The molecule has 0 aromatic rings. The largest absolute Gasteiger partial charge is 0.481 e. The van der Waals surface area contributed by atoms with Crippen molar-refractivity contribution in [2.45, 2.75) is 58.5 Å². The molecule has 0 saturated heterocycles. The van der Waals surface area contributed by atoms with E-state index < -0.39 is 5.97 Å². The first-order valence-corrected chi connectivity index (χ1v) is 6.89. The Balaban J connectivity index is 4.65. The van der Waals surface area contributed by atoms with Crippen LogP contribution in [0.15, 0.2) is 0 Å². The van der Waals surface area contributed by atoms with E-state index in [1.54, 1.807) is 4.90 Å². The number of carboxylic acid groups (broad SMARTS) is 1. The Morgan fingerprint density at radius 2 is 1.74 bits per heavy atom. The SMILES string of the molecule is CCC(CC(=O)O)NC(=O)N(CCO)C(CC)CC. The molecule has 0 rings (SSSR count). The van der Waals surface area contributed by atoms with Crippen molar-refractivity contribution in [1.29, 1.82) is 0 Å². The molecule has 0 heterocycles. The van der Waals surface area contributed by atoms with Crippen LogP contribution in [0.25, 0.3) is 0 Å². The van der Waals surface area contributed by atoms with E-state index in [1.807, 2.05) is 20.8 Å². The van der Waals surface area contributed by atoms with Crippen molar-refractivity contribution in [2.75, 3.05) is 13.2 Å². The highest BCUT2D eigenvalue weighted by atomic mass is 16.4. The van der Waals surface area contributed by atoms with E-state index in [1.165, 1.54) is 0 Å². The van der Waals surface area contributed by atoms with Gasteiger partial charge in [0.05, 0.1) is 13.0 Å². The third-order valence-corrected chi connectivity index (χ3v) is 3.23. The second-order valence-corrected chi connectivity index (χ2v) is 4.54. The molecular weight excluding hydrogens is 248 g/mol. The van der Waals surface area contributed by atoms with Crippen LogP contribution in [0.2, 0.25) is 0 Å². The van der Waals surface area contributed by atoms with Crippen molar-refractivity contribution in [3.63, 3.8) is 0 Å². The zero-order valence-electron chi connectivity index (χ0n) is 12.1. The number of carbonyl (C=O) groups is 2. The summed E-state index contributed by atoms with van der Waals surface area (Å²) in [6.07, 6.45) is 2.09. The fraction of sp³-hybridized carbons (Fsp3) is 0.846. The number of carboxylic acids is 1. The lowest BCUT2D eigenvalue weighted by Gasteiger charge is -2.31. The van der Waals surface area contributed by atoms with E-state index in [0.29, 0.717) is 6.42 Å². The molecule has 0 bridgehead atoms. The van der Waals surface area contributed by atoms with Gasteiger partial charge < -0.3 is 20.4 Å². The summed E-state index contributed by atoms with van der Waals surface area (Å²) in [6, 6.07) is -0.606. The van der Waals surface area contributed by atoms with Gasteiger partial charge in [-0.05, 0) is 19.3 Å². The van der Waals surface area contributed by atoms with Gasteiger partial charge in [-0.1, -0.05) is 20.8 Å². The minimum absolute atomic E-state index is 0.0643. The molecule has 0 aliphatic carbocycles. The number of aliphatic carboxylic acids is 1. The van der Waals surface area contributed by atoms with E-state index in [4.69, 9.17) is 10.2 Å². The monoisotopic (exact) mass is 274 g/mol. The Labute approximate surface area is 114 Å². The number of rotatable bonds is 9. The normalized spacial score (nSPS) is 12.3. The highest BCUT2D eigenvalue weighted by Gasteiger charge is 2.23. The van der Waals surface area contributed by atoms with E-state index in [-0.39, 0.29) is 37.7 Å². The number of aliphatic hydroxyl groups excluding tert-OH is 1. The van der Waals surface area contributed by atoms with Crippen molar-refractivity contribution >= 4 is 12.0 Å². The van der Waals surface area contributed by atoms with Crippen LogP contribution in [0.4, 0.5) is 4.79 Å². The molecule has 0 aromatic heterocycles. The smallest absolute Gasteiger partial charge is 0.317 e. The van der Waals surface area contributed by atoms with Crippen molar-refractivity contribution in [2.24, 2.45) is 0 Å². The lowest BCUT2D eigenvalue weighted by atomic mass is 10.1. The van der Waals surface area contributed by atoms with Crippen LogP contribution in [0.5, 0.6) is 0 Å². The molecule has 112 valence electrons. The first kappa shape index (κ1) is 17.7. The number of amides is 2. The van der Waals surface area contributed by atoms with Gasteiger partial charge in [-0.15, -0.1) is 0 Å². The van der Waals surface area contributed by atoms with Crippen molar-refractivity contribution in [1.82, 2.24) is 10.2 Å². The average Bonchev–Trinajstić information content (AvgIpc) is 2.37. The van der Waals surface area contributed by atoms with Crippen LogP contribution in [0, 0.1) is 0 Å². The quantitative estimate of drug-likeness (QED) is 0.593. The molecule has 6 nitrogen and oxygen atoms in total. The molecular formula is C13H26N2O4. The molecule has 3 N–H and O–H groups in total. The molecule has 2 amide bonds. The summed E-state index contributed by atoms with van der Waals surface area (Å²) in [5.74, 6) is -0.927. The number of hydrogen-bond acceptors (Lipinski definition) is 3. The molecule has 19 heavy (non-hydrogen) atoms. The Bertz CT molecular complexity index is 280. The van der Waals surface area contributed by atoms with Gasteiger partial charge in [0.1, 0.15) is 0 Å².